The molecule has 0 fully saturated rings. The van der Waals surface area contributed by atoms with Crippen LogP contribution in [0.15, 0.2) is 23.1 Å². The molecule has 1 aromatic carbocycles. The number of hydrogen-bond donors (Lipinski definition) is 1. The highest BCUT2D eigenvalue weighted by molar-refractivity contribution is 8.45. The molecule has 0 aliphatic heterocycles. The summed E-state index contributed by atoms with van der Waals surface area (Å²) in [5, 5.41) is 0. The van der Waals surface area contributed by atoms with Gasteiger partial charge >= 0.3 is 10.2 Å². The predicted molar refractivity (Wildman–Crippen MR) is 77.2 cm³/mol. The van der Waals surface area contributed by atoms with E-state index in [-0.39, 0.29) is 17.7 Å². The van der Waals surface area contributed by atoms with E-state index in [0.29, 0.717) is 6.07 Å². The van der Waals surface area contributed by atoms with Crippen LogP contribution in [0.4, 0.5) is 23.8 Å². The minimum atomic E-state index is -9.91. The van der Waals surface area contributed by atoms with E-state index in [0.717, 1.165) is 0 Å². The topological polar surface area (TPSA) is 35.1 Å². The molecule has 1 aromatic rings. The van der Waals surface area contributed by atoms with E-state index >= 15 is 0 Å². The number of benzene rings is 1. The molecule has 0 aliphatic carbocycles. The minimum absolute atomic E-state index is 0.137. The Morgan fingerprint density at radius 2 is 1.64 bits per heavy atom. The molecule has 0 amide bonds. The molecule has 0 saturated carbocycles. The lowest BCUT2D eigenvalue weighted by Crippen LogP contribution is -2.40. The molecular weight excluding hydrogens is 352 g/mol. The number of halogens is 6. The maximum atomic E-state index is 13.8. The van der Waals surface area contributed by atoms with Crippen LogP contribution < -0.4 is 4.72 Å². The Morgan fingerprint density at radius 3 is 2.00 bits per heavy atom. The monoisotopic (exact) mass is 369 g/mol. The molecule has 0 saturated heterocycles. The number of hydrogen-bond acceptors (Lipinski definition) is 2. The van der Waals surface area contributed by atoms with Crippen molar-refractivity contribution in [3.63, 3.8) is 0 Å². The van der Waals surface area contributed by atoms with Crippen LogP contribution in [0.2, 0.25) is 0 Å². The third-order valence-corrected chi connectivity index (χ3v) is 5.55. The lowest BCUT2D eigenvalue weighted by Gasteiger charge is -2.40. The van der Waals surface area contributed by atoms with Crippen LogP contribution in [0, 0.1) is 5.82 Å². The molecule has 0 unspecified atom stereocenters. The molecule has 2 nitrogen and oxygen atoms in total. The molecule has 0 bridgehead atoms. The third-order valence-electron chi connectivity index (χ3n) is 2.72. The molecule has 0 heterocycles. The Hall–Kier alpha value is -0.580. The minimum Gasteiger partial charge on any atom is -0.598 e. The van der Waals surface area contributed by atoms with Crippen molar-refractivity contribution in [2.24, 2.45) is 0 Å². The summed E-state index contributed by atoms with van der Waals surface area (Å²) >= 11 is -1.59. The molecule has 0 aliphatic rings. The Labute approximate surface area is 128 Å². The van der Waals surface area contributed by atoms with Crippen molar-refractivity contribution >= 4 is 21.6 Å². The SMILES string of the molecule is C[C@H](N[S@@+]([O-])C(C)(C)C)c1ccc(S(F)(F)(F)(F)F)cc1F. The standard InChI is InChI=1S/C12H17F6NOS2/c1-8(19-21(20)12(2,3)4)10-6-5-9(7-11(10)13)22(14,15,16,17)18/h5-8,19H,1-4H3/t8-,21-/m0/s1. The summed E-state index contributed by atoms with van der Waals surface area (Å²) in [5.74, 6) is -1.43. The van der Waals surface area contributed by atoms with Gasteiger partial charge in [0.25, 0.3) is 0 Å². The van der Waals surface area contributed by atoms with Crippen molar-refractivity contribution in [3.05, 3.63) is 29.6 Å². The van der Waals surface area contributed by atoms with E-state index in [4.69, 9.17) is 0 Å². The van der Waals surface area contributed by atoms with Crippen LogP contribution >= 0.6 is 10.2 Å². The second-order valence-electron chi connectivity index (χ2n) is 5.87. The van der Waals surface area contributed by atoms with E-state index in [1.54, 1.807) is 20.8 Å². The van der Waals surface area contributed by atoms with Gasteiger partial charge in [0, 0.05) is 16.9 Å². The van der Waals surface area contributed by atoms with Crippen molar-refractivity contribution in [1.29, 1.82) is 0 Å². The zero-order chi connectivity index (χ0) is 17.6. The van der Waals surface area contributed by atoms with E-state index in [1.807, 2.05) is 0 Å². The zero-order valence-corrected chi connectivity index (χ0v) is 13.9. The summed E-state index contributed by atoms with van der Waals surface area (Å²) in [7, 11) is -9.91. The first-order valence-corrected chi connectivity index (χ1v) is 9.23. The first-order valence-electron chi connectivity index (χ1n) is 6.13. The van der Waals surface area contributed by atoms with Gasteiger partial charge in [-0.25, -0.2) is 4.39 Å². The van der Waals surface area contributed by atoms with Gasteiger partial charge in [-0.15, -0.1) is 4.72 Å². The molecule has 0 spiro atoms. The van der Waals surface area contributed by atoms with Gasteiger partial charge in [-0.1, -0.05) is 25.5 Å². The maximum absolute atomic E-state index is 13.8. The van der Waals surface area contributed by atoms with Gasteiger partial charge < -0.3 is 4.55 Å². The quantitative estimate of drug-likeness (QED) is 0.554. The first-order chi connectivity index (χ1) is 9.41. The number of rotatable bonds is 4. The average molecular weight is 369 g/mol. The van der Waals surface area contributed by atoms with E-state index in [2.05, 4.69) is 4.72 Å². The largest absolute Gasteiger partial charge is 0.598 e. The second-order valence-corrected chi connectivity index (χ2v) is 10.3. The van der Waals surface area contributed by atoms with Crippen LogP contribution in [-0.2, 0) is 11.4 Å². The van der Waals surface area contributed by atoms with E-state index < -0.39 is 43.1 Å². The third kappa shape index (κ3) is 4.97. The molecular formula is C12H17F6NOS2. The Balaban J connectivity index is 3.11. The van der Waals surface area contributed by atoms with Crippen molar-refractivity contribution in [2.75, 3.05) is 0 Å². The summed E-state index contributed by atoms with van der Waals surface area (Å²) in [5.41, 5.74) is -0.275. The Morgan fingerprint density at radius 1 is 1.14 bits per heavy atom. The van der Waals surface area contributed by atoms with Gasteiger partial charge in [0.05, 0.1) is 6.04 Å². The molecule has 10 heteroatoms. The van der Waals surface area contributed by atoms with Crippen LogP contribution in [0.5, 0.6) is 0 Å². The first kappa shape index (κ1) is 19.5. The summed E-state index contributed by atoms with van der Waals surface area (Å²) < 4.78 is 90.5. The fourth-order valence-electron chi connectivity index (χ4n) is 1.50. The highest BCUT2D eigenvalue weighted by Crippen LogP contribution is 3.02. The van der Waals surface area contributed by atoms with Crippen LogP contribution in [0.3, 0.4) is 0 Å². The predicted octanol–water partition coefficient (Wildman–Crippen LogP) is 5.60. The van der Waals surface area contributed by atoms with Gasteiger partial charge in [0.2, 0.25) is 0 Å². The molecule has 22 heavy (non-hydrogen) atoms. The average Bonchev–Trinajstić information content (AvgIpc) is 2.23. The van der Waals surface area contributed by atoms with Crippen LogP contribution in [0.25, 0.3) is 0 Å². The molecule has 1 rings (SSSR count). The van der Waals surface area contributed by atoms with Crippen molar-refractivity contribution in [2.45, 2.75) is 43.4 Å². The summed E-state index contributed by atoms with van der Waals surface area (Å²) in [6.45, 7) is 6.32. The maximum Gasteiger partial charge on any atom is 0.310 e. The molecule has 1 N–H and O–H groups in total. The highest BCUT2D eigenvalue weighted by atomic mass is 32.5. The van der Waals surface area contributed by atoms with Crippen LogP contribution in [-0.4, -0.2) is 9.30 Å². The van der Waals surface area contributed by atoms with Gasteiger partial charge in [0.1, 0.15) is 15.5 Å². The second kappa shape index (κ2) is 4.96. The van der Waals surface area contributed by atoms with Gasteiger partial charge in [-0.3, -0.25) is 0 Å². The highest BCUT2D eigenvalue weighted by Gasteiger charge is 2.65. The molecule has 130 valence electrons. The normalized spacial score (nSPS) is 19.2. The fraction of sp³-hybridized carbons (Fsp3) is 0.500. The lowest BCUT2D eigenvalue weighted by atomic mass is 10.1. The fourth-order valence-corrected chi connectivity index (χ4v) is 2.95. The number of nitrogens with one attached hydrogen (secondary N) is 1. The molecule has 2 atom stereocenters. The summed E-state index contributed by atoms with van der Waals surface area (Å²) in [4.78, 5) is -2.29. The lowest BCUT2D eigenvalue weighted by molar-refractivity contribution is 0.362. The van der Waals surface area contributed by atoms with Gasteiger partial charge in [-0.05, 0) is 39.8 Å². The van der Waals surface area contributed by atoms with Gasteiger partial charge in [-0.2, -0.15) is 0 Å². The van der Waals surface area contributed by atoms with Crippen LogP contribution in [0.1, 0.15) is 39.3 Å². The zero-order valence-electron chi connectivity index (χ0n) is 12.3. The van der Waals surface area contributed by atoms with Gasteiger partial charge in [0.15, 0.2) is 0 Å². The van der Waals surface area contributed by atoms with Crippen molar-refractivity contribution < 1.29 is 28.4 Å². The molecule has 0 aromatic heterocycles. The Bertz CT molecular complexity index is 569. The van der Waals surface area contributed by atoms with Crippen molar-refractivity contribution in [1.82, 2.24) is 4.72 Å². The smallest absolute Gasteiger partial charge is 0.310 e. The van der Waals surface area contributed by atoms with E-state index in [9.17, 15) is 28.4 Å². The summed E-state index contributed by atoms with van der Waals surface area (Å²) in [6.07, 6.45) is 0. The molecule has 0 radical (unpaired) electrons. The summed E-state index contributed by atoms with van der Waals surface area (Å²) in [6, 6.07) is -0.375. The Kier molecular flexibility index (Phi) is 4.39. The van der Waals surface area contributed by atoms with Crippen molar-refractivity contribution in [3.8, 4) is 0 Å². The van der Waals surface area contributed by atoms with E-state index in [1.165, 1.54) is 6.92 Å².